The van der Waals surface area contributed by atoms with Crippen LogP contribution in [0.1, 0.15) is 12.5 Å². The average Bonchev–Trinajstić information content (AvgIpc) is 2.39. The van der Waals surface area contributed by atoms with Crippen LogP contribution in [0.3, 0.4) is 0 Å². The maximum atomic E-state index is 11.7. The molecule has 6 nitrogen and oxygen atoms in total. The monoisotopic (exact) mass is 292 g/mol. The minimum Gasteiger partial charge on any atom is -0.481 e. The number of anilines is 1. The summed E-state index contributed by atoms with van der Waals surface area (Å²) >= 11 is 0. The van der Waals surface area contributed by atoms with Gasteiger partial charge in [-0.25, -0.2) is 4.79 Å². The lowest BCUT2D eigenvalue weighted by Crippen LogP contribution is -2.32. The Balaban J connectivity index is 2.40. The van der Waals surface area contributed by atoms with E-state index in [0.717, 1.165) is 5.57 Å². The van der Waals surface area contributed by atoms with E-state index in [9.17, 15) is 9.59 Å². The number of hydrogen-bond donors (Lipinski definition) is 3. The molecule has 0 aliphatic rings. The average molecular weight is 292 g/mol. The topological polar surface area (TPSA) is 87.7 Å². The van der Waals surface area contributed by atoms with Crippen LogP contribution in [-0.2, 0) is 16.0 Å². The molecule has 0 saturated carbocycles. The number of carbonyl (C=O) groups excluding carboxylic acids is 1. The smallest absolute Gasteiger partial charge is 0.319 e. The summed E-state index contributed by atoms with van der Waals surface area (Å²) in [6.07, 6.45) is -0.141. The van der Waals surface area contributed by atoms with E-state index in [2.05, 4.69) is 17.2 Å². The van der Waals surface area contributed by atoms with Crippen LogP contribution in [0, 0.1) is 0 Å². The Hall–Kier alpha value is -2.34. The van der Waals surface area contributed by atoms with Crippen molar-refractivity contribution in [3.8, 4) is 0 Å². The fourth-order valence-corrected chi connectivity index (χ4v) is 1.61. The highest BCUT2D eigenvalue weighted by Crippen LogP contribution is 2.15. The second-order valence-corrected chi connectivity index (χ2v) is 4.62. The second kappa shape index (κ2) is 8.76. The number of carboxylic acids is 1. The highest BCUT2D eigenvalue weighted by Gasteiger charge is 2.08. The van der Waals surface area contributed by atoms with Gasteiger partial charge in [0, 0.05) is 12.2 Å². The van der Waals surface area contributed by atoms with Crippen molar-refractivity contribution >= 4 is 17.7 Å². The zero-order valence-corrected chi connectivity index (χ0v) is 12.0. The molecule has 0 spiro atoms. The van der Waals surface area contributed by atoms with Gasteiger partial charge in [0.2, 0.25) is 0 Å². The summed E-state index contributed by atoms with van der Waals surface area (Å²) < 4.78 is 5.25. The fourth-order valence-electron chi connectivity index (χ4n) is 1.61. The van der Waals surface area contributed by atoms with E-state index >= 15 is 0 Å². The highest BCUT2D eigenvalue weighted by atomic mass is 16.5. The van der Waals surface area contributed by atoms with Crippen LogP contribution < -0.4 is 10.6 Å². The molecule has 2 amide bonds. The van der Waals surface area contributed by atoms with Crippen LogP contribution in [0.15, 0.2) is 36.4 Å². The summed E-state index contributed by atoms with van der Waals surface area (Å²) in [7, 11) is 0. The zero-order chi connectivity index (χ0) is 15.7. The van der Waals surface area contributed by atoms with Crippen LogP contribution >= 0.6 is 0 Å². The predicted molar refractivity (Wildman–Crippen MR) is 80.4 cm³/mol. The maximum absolute atomic E-state index is 11.7. The number of urea groups is 1. The SMILES string of the molecule is C=C(C)COCCNC(=O)Nc1ccccc1CC(=O)O. The molecule has 0 aliphatic heterocycles. The van der Waals surface area contributed by atoms with Crippen LogP contribution in [0.4, 0.5) is 10.5 Å². The molecule has 0 saturated heterocycles. The molecule has 0 fully saturated rings. The standard InChI is InChI=1S/C15H20N2O4/c1-11(2)10-21-8-7-16-15(20)17-13-6-4-3-5-12(13)9-14(18)19/h3-6H,1,7-10H2,2H3,(H,18,19)(H2,16,17,20). The van der Waals surface area contributed by atoms with Gasteiger partial charge in [0.05, 0.1) is 19.6 Å². The minimum atomic E-state index is -0.946. The van der Waals surface area contributed by atoms with Crippen molar-refractivity contribution in [3.63, 3.8) is 0 Å². The number of benzene rings is 1. The van der Waals surface area contributed by atoms with E-state index in [-0.39, 0.29) is 6.42 Å². The van der Waals surface area contributed by atoms with E-state index < -0.39 is 12.0 Å². The first-order chi connectivity index (χ1) is 9.99. The lowest BCUT2D eigenvalue weighted by atomic mass is 10.1. The van der Waals surface area contributed by atoms with Crippen molar-refractivity contribution < 1.29 is 19.4 Å². The van der Waals surface area contributed by atoms with Crippen LogP contribution in [0.5, 0.6) is 0 Å². The molecule has 0 bridgehead atoms. The third-order valence-corrected chi connectivity index (χ3v) is 2.49. The Kier molecular flexibility index (Phi) is 6.97. The number of nitrogens with one attached hydrogen (secondary N) is 2. The molecule has 1 rings (SSSR count). The van der Waals surface area contributed by atoms with Gasteiger partial charge in [-0.05, 0) is 18.6 Å². The summed E-state index contributed by atoms with van der Waals surface area (Å²) in [5.74, 6) is -0.946. The third-order valence-electron chi connectivity index (χ3n) is 2.49. The van der Waals surface area contributed by atoms with E-state index in [4.69, 9.17) is 9.84 Å². The third kappa shape index (κ3) is 7.12. The Labute approximate surface area is 123 Å². The van der Waals surface area contributed by atoms with Crippen molar-refractivity contribution in [3.05, 3.63) is 42.0 Å². The maximum Gasteiger partial charge on any atom is 0.319 e. The minimum absolute atomic E-state index is 0.141. The zero-order valence-electron chi connectivity index (χ0n) is 12.0. The number of carbonyl (C=O) groups is 2. The summed E-state index contributed by atoms with van der Waals surface area (Å²) in [6.45, 7) is 6.78. The highest BCUT2D eigenvalue weighted by molar-refractivity contribution is 5.90. The summed E-state index contributed by atoms with van der Waals surface area (Å²) in [5, 5.41) is 14.1. The molecular formula is C15H20N2O4. The van der Waals surface area contributed by atoms with Gasteiger partial charge in [-0.2, -0.15) is 0 Å². The van der Waals surface area contributed by atoms with Crippen molar-refractivity contribution in [2.24, 2.45) is 0 Å². The molecule has 0 radical (unpaired) electrons. The Morgan fingerprint density at radius 2 is 2.05 bits per heavy atom. The van der Waals surface area contributed by atoms with Crippen molar-refractivity contribution in [2.75, 3.05) is 25.1 Å². The van der Waals surface area contributed by atoms with Gasteiger partial charge in [0.1, 0.15) is 0 Å². The molecule has 3 N–H and O–H groups in total. The first kappa shape index (κ1) is 16.7. The van der Waals surface area contributed by atoms with E-state index in [1.807, 2.05) is 6.92 Å². The Bertz CT molecular complexity index is 514. The van der Waals surface area contributed by atoms with Crippen molar-refractivity contribution in [1.29, 1.82) is 0 Å². The fraction of sp³-hybridized carbons (Fsp3) is 0.333. The number of amides is 2. The number of rotatable bonds is 8. The lowest BCUT2D eigenvalue weighted by Gasteiger charge is -2.11. The number of carboxylic acid groups (broad SMARTS) is 1. The number of ether oxygens (including phenoxy) is 1. The number of para-hydroxylation sites is 1. The molecule has 0 atom stereocenters. The number of hydrogen-bond acceptors (Lipinski definition) is 3. The van der Waals surface area contributed by atoms with Gasteiger partial charge in [0.15, 0.2) is 0 Å². The quantitative estimate of drug-likeness (QED) is 0.505. The normalized spacial score (nSPS) is 9.95. The summed E-state index contributed by atoms with van der Waals surface area (Å²) in [5.41, 5.74) is 1.96. The molecule has 6 heteroatoms. The molecule has 0 unspecified atom stereocenters. The van der Waals surface area contributed by atoms with E-state index in [1.54, 1.807) is 24.3 Å². The van der Waals surface area contributed by atoms with Crippen LogP contribution in [0.2, 0.25) is 0 Å². The van der Waals surface area contributed by atoms with E-state index in [0.29, 0.717) is 31.0 Å². The second-order valence-electron chi connectivity index (χ2n) is 4.62. The summed E-state index contributed by atoms with van der Waals surface area (Å²) in [4.78, 5) is 22.5. The van der Waals surface area contributed by atoms with Gasteiger partial charge in [-0.1, -0.05) is 30.4 Å². The molecule has 0 heterocycles. The van der Waals surface area contributed by atoms with Gasteiger partial charge in [-0.3, -0.25) is 4.79 Å². The first-order valence-corrected chi connectivity index (χ1v) is 6.55. The lowest BCUT2D eigenvalue weighted by molar-refractivity contribution is -0.136. The molecule has 1 aromatic carbocycles. The summed E-state index contributed by atoms with van der Waals surface area (Å²) in [6, 6.07) is 6.39. The van der Waals surface area contributed by atoms with Crippen molar-refractivity contribution in [1.82, 2.24) is 5.32 Å². The van der Waals surface area contributed by atoms with E-state index in [1.165, 1.54) is 0 Å². The largest absolute Gasteiger partial charge is 0.481 e. The molecule has 114 valence electrons. The molecular weight excluding hydrogens is 272 g/mol. The Morgan fingerprint density at radius 3 is 2.71 bits per heavy atom. The molecule has 0 aliphatic carbocycles. The Morgan fingerprint density at radius 1 is 1.33 bits per heavy atom. The predicted octanol–water partition coefficient (Wildman–Crippen LogP) is 2.03. The van der Waals surface area contributed by atoms with Gasteiger partial charge < -0.3 is 20.5 Å². The number of aliphatic carboxylic acids is 1. The molecule has 1 aromatic rings. The van der Waals surface area contributed by atoms with Gasteiger partial charge in [-0.15, -0.1) is 0 Å². The van der Waals surface area contributed by atoms with Crippen molar-refractivity contribution in [2.45, 2.75) is 13.3 Å². The van der Waals surface area contributed by atoms with Crippen LogP contribution in [0.25, 0.3) is 0 Å². The van der Waals surface area contributed by atoms with Gasteiger partial charge >= 0.3 is 12.0 Å². The van der Waals surface area contributed by atoms with Crippen LogP contribution in [-0.4, -0.2) is 36.9 Å². The molecule has 0 aromatic heterocycles. The van der Waals surface area contributed by atoms with Gasteiger partial charge in [0.25, 0.3) is 0 Å². The molecule has 21 heavy (non-hydrogen) atoms. The first-order valence-electron chi connectivity index (χ1n) is 6.55.